The maximum atomic E-state index is 13.2. The van der Waals surface area contributed by atoms with Crippen LogP contribution in [0.1, 0.15) is 45.1 Å². The molecule has 0 unspecified atom stereocenters. The molecule has 0 aliphatic carbocycles. The summed E-state index contributed by atoms with van der Waals surface area (Å²) in [7, 11) is 1.84. The smallest absolute Gasteiger partial charge is 0.123 e. The number of methoxy groups -OCH3 is 1. The van der Waals surface area contributed by atoms with Crippen LogP contribution in [-0.4, -0.2) is 60.8 Å². The maximum Gasteiger partial charge on any atom is 0.123 e. The minimum absolute atomic E-state index is 0.159. The van der Waals surface area contributed by atoms with Crippen LogP contribution < -0.4 is 0 Å². The number of benzene rings is 1. The Morgan fingerprint density at radius 3 is 2.36 bits per heavy atom. The molecule has 0 amide bonds. The first-order valence-electron chi connectivity index (χ1n) is 9.85. The summed E-state index contributed by atoms with van der Waals surface area (Å²) >= 11 is 0. The SMILES string of the molecule is CO[C@H]1CCCN(C2CCN(C(C)C)CC2)[C@H]1Cc1ccc(F)cc1. The third kappa shape index (κ3) is 4.60. The van der Waals surface area contributed by atoms with Crippen LogP contribution >= 0.6 is 0 Å². The molecule has 2 aliphatic rings. The standard InChI is InChI=1S/C21H33FN2O/c1-16(2)23-13-10-19(11-14-23)24-12-4-5-21(25-3)20(24)15-17-6-8-18(22)9-7-17/h6-9,16,19-21H,4-5,10-15H2,1-3H3/t20-,21-/m0/s1. The summed E-state index contributed by atoms with van der Waals surface area (Å²) in [6.45, 7) is 8.14. The Hall–Kier alpha value is -0.970. The number of piperidine rings is 2. The molecule has 2 saturated heterocycles. The molecular weight excluding hydrogens is 315 g/mol. The second-order valence-electron chi connectivity index (χ2n) is 7.91. The highest BCUT2D eigenvalue weighted by atomic mass is 19.1. The van der Waals surface area contributed by atoms with Crippen molar-refractivity contribution in [2.45, 2.75) is 70.2 Å². The van der Waals surface area contributed by atoms with Crippen LogP contribution in [0.2, 0.25) is 0 Å². The van der Waals surface area contributed by atoms with Crippen molar-refractivity contribution in [1.82, 2.24) is 9.80 Å². The van der Waals surface area contributed by atoms with Gasteiger partial charge in [0.15, 0.2) is 0 Å². The van der Waals surface area contributed by atoms with Crippen molar-refractivity contribution in [2.75, 3.05) is 26.7 Å². The van der Waals surface area contributed by atoms with E-state index in [-0.39, 0.29) is 11.9 Å². The molecule has 140 valence electrons. The van der Waals surface area contributed by atoms with Gasteiger partial charge >= 0.3 is 0 Å². The molecule has 25 heavy (non-hydrogen) atoms. The van der Waals surface area contributed by atoms with Crippen LogP contribution in [0.15, 0.2) is 24.3 Å². The number of halogens is 1. The van der Waals surface area contributed by atoms with Gasteiger partial charge in [0.2, 0.25) is 0 Å². The van der Waals surface area contributed by atoms with Crippen LogP contribution in [0, 0.1) is 5.82 Å². The molecule has 3 nitrogen and oxygen atoms in total. The van der Waals surface area contributed by atoms with Crippen molar-refractivity contribution in [3.05, 3.63) is 35.6 Å². The molecule has 0 spiro atoms. The molecule has 4 heteroatoms. The molecule has 0 radical (unpaired) electrons. The molecule has 0 saturated carbocycles. The van der Waals surface area contributed by atoms with E-state index >= 15 is 0 Å². The van der Waals surface area contributed by atoms with Gasteiger partial charge in [-0.1, -0.05) is 12.1 Å². The van der Waals surface area contributed by atoms with Crippen molar-refractivity contribution < 1.29 is 9.13 Å². The van der Waals surface area contributed by atoms with Crippen molar-refractivity contribution >= 4 is 0 Å². The van der Waals surface area contributed by atoms with Crippen LogP contribution in [-0.2, 0) is 11.2 Å². The van der Waals surface area contributed by atoms with Gasteiger partial charge in [-0.3, -0.25) is 4.90 Å². The quantitative estimate of drug-likeness (QED) is 0.806. The van der Waals surface area contributed by atoms with Crippen LogP contribution in [0.4, 0.5) is 4.39 Å². The Morgan fingerprint density at radius 2 is 1.76 bits per heavy atom. The first-order chi connectivity index (χ1) is 12.1. The lowest BCUT2D eigenvalue weighted by molar-refractivity contribution is -0.0482. The Balaban J connectivity index is 1.70. The highest BCUT2D eigenvalue weighted by molar-refractivity contribution is 5.18. The fraction of sp³-hybridized carbons (Fsp3) is 0.714. The molecular formula is C21H33FN2O. The highest BCUT2D eigenvalue weighted by Gasteiger charge is 2.37. The average Bonchev–Trinajstić information content (AvgIpc) is 2.64. The van der Waals surface area contributed by atoms with E-state index in [1.807, 2.05) is 19.2 Å². The van der Waals surface area contributed by atoms with Crippen molar-refractivity contribution in [3.8, 4) is 0 Å². The Morgan fingerprint density at radius 1 is 1.08 bits per heavy atom. The molecule has 2 fully saturated rings. The summed E-state index contributed by atoms with van der Waals surface area (Å²) in [5.74, 6) is -0.159. The molecule has 2 heterocycles. The van der Waals surface area contributed by atoms with Crippen LogP contribution in [0.25, 0.3) is 0 Å². The van der Waals surface area contributed by atoms with Crippen LogP contribution in [0.3, 0.4) is 0 Å². The third-order valence-corrected chi connectivity index (χ3v) is 6.12. The van der Waals surface area contributed by atoms with E-state index in [2.05, 4.69) is 23.6 Å². The Bertz CT molecular complexity index is 525. The third-order valence-electron chi connectivity index (χ3n) is 6.12. The zero-order valence-electron chi connectivity index (χ0n) is 16.0. The molecule has 3 rings (SSSR count). The molecule has 2 atom stereocenters. The van der Waals surface area contributed by atoms with Crippen molar-refractivity contribution in [1.29, 1.82) is 0 Å². The van der Waals surface area contributed by atoms with Gasteiger partial charge in [-0.05, 0) is 83.3 Å². The van der Waals surface area contributed by atoms with Gasteiger partial charge in [0, 0.05) is 25.2 Å². The second-order valence-corrected chi connectivity index (χ2v) is 7.91. The van der Waals surface area contributed by atoms with E-state index in [0.717, 1.165) is 19.4 Å². The minimum atomic E-state index is -0.159. The number of hydrogen-bond donors (Lipinski definition) is 0. The minimum Gasteiger partial charge on any atom is -0.380 e. The van der Waals surface area contributed by atoms with Gasteiger partial charge in [-0.15, -0.1) is 0 Å². The molecule has 2 aliphatic heterocycles. The Kier molecular flexibility index (Phi) is 6.48. The summed E-state index contributed by atoms with van der Waals surface area (Å²) < 4.78 is 19.1. The fourth-order valence-electron chi connectivity index (χ4n) is 4.62. The number of hydrogen-bond acceptors (Lipinski definition) is 3. The predicted octanol–water partition coefficient (Wildman–Crippen LogP) is 3.72. The summed E-state index contributed by atoms with van der Waals surface area (Å²) in [4.78, 5) is 5.29. The van der Waals surface area contributed by atoms with E-state index in [4.69, 9.17) is 4.74 Å². The maximum absolute atomic E-state index is 13.2. The average molecular weight is 349 g/mol. The fourth-order valence-corrected chi connectivity index (χ4v) is 4.62. The number of ether oxygens (including phenoxy) is 1. The largest absolute Gasteiger partial charge is 0.380 e. The topological polar surface area (TPSA) is 15.7 Å². The monoisotopic (exact) mass is 348 g/mol. The van der Waals surface area contributed by atoms with Gasteiger partial charge in [0.25, 0.3) is 0 Å². The number of likely N-dealkylation sites (tertiary alicyclic amines) is 2. The number of nitrogens with zero attached hydrogens (tertiary/aromatic N) is 2. The molecule has 0 bridgehead atoms. The van der Waals surface area contributed by atoms with Crippen molar-refractivity contribution in [3.63, 3.8) is 0 Å². The zero-order valence-corrected chi connectivity index (χ0v) is 16.0. The van der Waals surface area contributed by atoms with Gasteiger partial charge in [0.1, 0.15) is 5.82 Å². The summed E-state index contributed by atoms with van der Waals surface area (Å²) in [5, 5.41) is 0. The van der Waals surface area contributed by atoms with E-state index in [9.17, 15) is 4.39 Å². The lowest BCUT2D eigenvalue weighted by atomic mass is 9.89. The molecule has 1 aromatic rings. The summed E-state index contributed by atoms with van der Waals surface area (Å²) in [6, 6.07) is 8.70. The lowest BCUT2D eigenvalue weighted by Crippen LogP contribution is -2.57. The van der Waals surface area contributed by atoms with E-state index in [1.165, 1.54) is 37.9 Å². The van der Waals surface area contributed by atoms with Gasteiger partial charge in [-0.2, -0.15) is 0 Å². The molecule has 1 aromatic carbocycles. The van der Waals surface area contributed by atoms with Crippen LogP contribution in [0.5, 0.6) is 0 Å². The molecule has 0 aromatic heterocycles. The Labute approximate surface area is 152 Å². The summed E-state index contributed by atoms with van der Waals surface area (Å²) in [5.41, 5.74) is 1.21. The highest BCUT2D eigenvalue weighted by Crippen LogP contribution is 2.29. The summed E-state index contributed by atoms with van der Waals surface area (Å²) in [6.07, 6.45) is 6.06. The predicted molar refractivity (Wildman–Crippen MR) is 100 cm³/mol. The number of rotatable bonds is 5. The van der Waals surface area contributed by atoms with Gasteiger partial charge in [-0.25, -0.2) is 4.39 Å². The first kappa shape index (κ1) is 18.8. The van der Waals surface area contributed by atoms with E-state index < -0.39 is 0 Å². The zero-order chi connectivity index (χ0) is 17.8. The van der Waals surface area contributed by atoms with E-state index in [0.29, 0.717) is 18.1 Å². The van der Waals surface area contributed by atoms with Crippen molar-refractivity contribution in [2.24, 2.45) is 0 Å². The van der Waals surface area contributed by atoms with Gasteiger partial charge in [0.05, 0.1) is 6.10 Å². The van der Waals surface area contributed by atoms with E-state index in [1.54, 1.807) is 12.1 Å². The first-order valence-corrected chi connectivity index (χ1v) is 9.85. The molecule has 0 N–H and O–H groups in total. The lowest BCUT2D eigenvalue weighted by Gasteiger charge is -2.48. The normalized spacial score (nSPS) is 27.1. The van der Waals surface area contributed by atoms with Gasteiger partial charge < -0.3 is 9.64 Å². The second kappa shape index (κ2) is 8.61.